The maximum atomic E-state index is 13.3. The first kappa shape index (κ1) is 14.0. The van der Waals surface area contributed by atoms with E-state index in [0.717, 1.165) is 12.5 Å². The van der Waals surface area contributed by atoms with Gasteiger partial charge in [0.05, 0.1) is 5.69 Å². The van der Waals surface area contributed by atoms with E-state index >= 15 is 0 Å². The predicted molar refractivity (Wildman–Crippen MR) is 61.8 cm³/mol. The fourth-order valence-corrected chi connectivity index (χ4v) is 1.51. The van der Waals surface area contributed by atoms with E-state index in [2.05, 4.69) is 25.7 Å². The molecule has 0 saturated carbocycles. The van der Waals surface area contributed by atoms with Crippen LogP contribution in [0.2, 0.25) is 0 Å². The van der Waals surface area contributed by atoms with Gasteiger partial charge >= 0.3 is 5.97 Å². The monoisotopic (exact) mass is 307 g/mol. The van der Waals surface area contributed by atoms with Crippen LogP contribution in [0.5, 0.6) is 0 Å². The molecule has 0 N–H and O–H groups in total. The lowest BCUT2D eigenvalue weighted by Gasteiger charge is -2.22. The third-order valence-electron chi connectivity index (χ3n) is 2.08. The van der Waals surface area contributed by atoms with Crippen molar-refractivity contribution < 1.29 is 18.3 Å². The molecule has 1 aromatic rings. The van der Waals surface area contributed by atoms with Crippen LogP contribution in [0.25, 0.3) is 0 Å². The average molecular weight is 308 g/mol. The molecule has 0 aliphatic rings. The van der Waals surface area contributed by atoms with Crippen molar-refractivity contribution >= 4 is 21.9 Å². The van der Waals surface area contributed by atoms with Crippen molar-refractivity contribution in [2.75, 3.05) is 0 Å². The van der Waals surface area contributed by atoms with Gasteiger partial charge in [-0.3, -0.25) is 9.78 Å². The molecule has 1 unspecified atom stereocenters. The van der Waals surface area contributed by atoms with E-state index in [-0.39, 0.29) is 5.69 Å². The Morgan fingerprint density at radius 2 is 2.18 bits per heavy atom. The second kappa shape index (κ2) is 5.08. The number of carbonyl (C=O) groups excluding carboxylic acids is 1. The zero-order valence-electron chi connectivity index (χ0n) is 9.63. The summed E-state index contributed by atoms with van der Waals surface area (Å²) < 4.78 is 32.0. The molecule has 0 spiro atoms. The van der Waals surface area contributed by atoms with Crippen molar-refractivity contribution in [2.45, 2.75) is 32.8 Å². The van der Waals surface area contributed by atoms with Crippen molar-refractivity contribution in [2.24, 2.45) is 0 Å². The molecule has 1 heterocycles. The molecule has 17 heavy (non-hydrogen) atoms. The maximum Gasteiger partial charge on any atom is 0.303 e. The molecule has 0 amide bonds. The summed E-state index contributed by atoms with van der Waals surface area (Å²) in [5, 5.41) is 0. The van der Waals surface area contributed by atoms with Crippen molar-refractivity contribution in [3.63, 3.8) is 0 Å². The van der Waals surface area contributed by atoms with Gasteiger partial charge in [-0.2, -0.15) is 0 Å². The Kier molecular flexibility index (Phi) is 4.19. The van der Waals surface area contributed by atoms with Crippen LogP contribution in [-0.4, -0.2) is 16.9 Å². The van der Waals surface area contributed by atoms with E-state index in [1.807, 2.05) is 0 Å². The fourth-order valence-electron chi connectivity index (χ4n) is 1.29. The van der Waals surface area contributed by atoms with E-state index in [1.54, 1.807) is 6.92 Å². The van der Waals surface area contributed by atoms with Gasteiger partial charge in [0.2, 0.25) is 6.10 Å². The largest absolute Gasteiger partial charge is 0.450 e. The van der Waals surface area contributed by atoms with E-state index < -0.39 is 18.0 Å². The number of halogens is 3. The number of carbonyl (C=O) groups is 1. The van der Waals surface area contributed by atoms with Crippen LogP contribution in [0.4, 0.5) is 8.78 Å². The van der Waals surface area contributed by atoms with E-state index in [4.69, 9.17) is 0 Å². The molecule has 0 aliphatic heterocycles. The van der Waals surface area contributed by atoms with Crippen LogP contribution >= 0.6 is 15.9 Å². The third kappa shape index (κ3) is 3.73. The Hall–Kier alpha value is -1.04. The third-order valence-corrected chi connectivity index (χ3v) is 2.91. The number of hydrogen-bond acceptors (Lipinski definition) is 3. The lowest BCUT2D eigenvalue weighted by molar-refractivity contribution is -0.169. The molecule has 1 rings (SSSR count). The first-order valence-electron chi connectivity index (χ1n) is 4.89. The molecule has 0 aliphatic carbocycles. The van der Waals surface area contributed by atoms with Crippen LogP contribution in [0.3, 0.4) is 0 Å². The van der Waals surface area contributed by atoms with Crippen LogP contribution in [0.15, 0.2) is 16.7 Å². The van der Waals surface area contributed by atoms with E-state index in [0.29, 0.717) is 11.4 Å². The Bertz CT molecular complexity index is 432. The van der Waals surface area contributed by atoms with Gasteiger partial charge in [-0.1, -0.05) is 0 Å². The highest BCUT2D eigenvalue weighted by Gasteiger charge is 2.39. The Balaban J connectivity index is 3.13. The van der Waals surface area contributed by atoms with Crippen molar-refractivity contribution in [3.05, 3.63) is 28.0 Å². The summed E-state index contributed by atoms with van der Waals surface area (Å²) in [4.78, 5) is 14.7. The van der Waals surface area contributed by atoms with E-state index in [1.165, 1.54) is 12.3 Å². The predicted octanol–water partition coefficient (Wildman–Crippen LogP) is 3.41. The minimum atomic E-state index is -3.18. The Labute approximate surface area is 106 Å². The number of nitrogens with zero attached hydrogens (tertiary/aromatic N) is 1. The summed E-state index contributed by atoms with van der Waals surface area (Å²) in [5.41, 5.74) is 0.782. The standard InChI is InChI=1S/C11H12BrF2NO2/c1-6-4-9(15-5-8(6)12)10(11(3,13)14)17-7(2)16/h4-5,10H,1-3H3. The lowest BCUT2D eigenvalue weighted by Crippen LogP contribution is -2.27. The molecule has 0 bridgehead atoms. The Morgan fingerprint density at radius 3 is 2.59 bits per heavy atom. The fraction of sp³-hybridized carbons (Fsp3) is 0.455. The van der Waals surface area contributed by atoms with Gasteiger partial charge in [-0.05, 0) is 34.5 Å². The number of aryl methyl sites for hydroxylation is 1. The van der Waals surface area contributed by atoms with Crippen LogP contribution in [0, 0.1) is 6.92 Å². The molecule has 6 heteroatoms. The molecule has 0 fully saturated rings. The molecule has 0 saturated heterocycles. The number of pyridine rings is 1. The highest BCUT2D eigenvalue weighted by atomic mass is 79.9. The van der Waals surface area contributed by atoms with Gasteiger partial charge in [0.15, 0.2) is 0 Å². The number of aromatic nitrogens is 1. The van der Waals surface area contributed by atoms with Crippen LogP contribution in [-0.2, 0) is 9.53 Å². The summed E-state index contributed by atoms with van der Waals surface area (Å²) in [5.74, 6) is -3.95. The average Bonchev–Trinajstić information content (AvgIpc) is 2.17. The number of hydrogen-bond donors (Lipinski definition) is 0. The van der Waals surface area contributed by atoms with Gasteiger partial charge in [0, 0.05) is 24.5 Å². The molecule has 1 atom stereocenters. The number of esters is 1. The van der Waals surface area contributed by atoms with Crippen molar-refractivity contribution in [3.8, 4) is 0 Å². The van der Waals surface area contributed by atoms with Crippen LogP contribution in [0.1, 0.15) is 31.2 Å². The smallest absolute Gasteiger partial charge is 0.303 e. The van der Waals surface area contributed by atoms with Gasteiger partial charge in [0.25, 0.3) is 5.92 Å². The number of ether oxygens (including phenoxy) is 1. The summed E-state index contributed by atoms with van der Waals surface area (Å²) in [6.45, 7) is 3.53. The van der Waals surface area contributed by atoms with E-state index in [9.17, 15) is 13.6 Å². The lowest BCUT2D eigenvalue weighted by atomic mass is 10.1. The molecule has 3 nitrogen and oxygen atoms in total. The van der Waals surface area contributed by atoms with Gasteiger partial charge in [-0.25, -0.2) is 8.78 Å². The normalized spacial score (nSPS) is 13.3. The zero-order valence-corrected chi connectivity index (χ0v) is 11.2. The first-order chi connectivity index (χ1) is 7.71. The van der Waals surface area contributed by atoms with Gasteiger partial charge < -0.3 is 4.74 Å². The summed E-state index contributed by atoms with van der Waals surface area (Å²) in [6.07, 6.45) is -0.251. The molecule has 94 valence electrons. The minimum absolute atomic E-state index is 0.0356. The van der Waals surface area contributed by atoms with Crippen molar-refractivity contribution in [1.82, 2.24) is 4.98 Å². The zero-order chi connectivity index (χ0) is 13.2. The first-order valence-corrected chi connectivity index (χ1v) is 5.68. The summed E-state index contributed by atoms with van der Waals surface area (Å²) in [6, 6.07) is 1.47. The highest BCUT2D eigenvalue weighted by Crippen LogP contribution is 2.34. The maximum absolute atomic E-state index is 13.3. The summed E-state index contributed by atoms with van der Waals surface area (Å²) in [7, 11) is 0. The molecule has 0 aromatic carbocycles. The van der Waals surface area contributed by atoms with Gasteiger partial charge in [-0.15, -0.1) is 0 Å². The number of alkyl halides is 2. The van der Waals surface area contributed by atoms with Crippen molar-refractivity contribution in [1.29, 1.82) is 0 Å². The molecule has 1 aromatic heterocycles. The topological polar surface area (TPSA) is 39.2 Å². The quantitative estimate of drug-likeness (QED) is 0.803. The molecular formula is C11H12BrF2NO2. The van der Waals surface area contributed by atoms with Crippen LogP contribution < -0.4 is 0 Å². The second-order valence-electron chi connectivity index (χ2n) is 3.80. The SMILES string of the molecule is CC(=O)OC(c1cc(C)c(Br)cn1)C(C)(F)F. The summed E-state index contributed by atoms with van der Waals surface area (Å²) >= 11 is 3.22. The Morgan fingerprint density at radius 1 is 1.59 bits per heavy atom. The van der Waals surface area contributed by atoms with Gasteiger partial charge in [0.1, 0.15) is 0 Å². The second-order valence-corrected chi connectivity index (χ2v) is 4.66. The number of rotatable bonds is 3. The molecular weight excluding hydrogens is 296 g/mol. The highest BCUT2D eigenvalue weighted by molar-refractivity contribution is 9.10. The molecule has 0 radical (unpaired) electrons. The minimum Gasteiger partial charge on any atom is -0.450 e.